The Bertz CT molecular complexity index is 599. The molecule has 0 aliphatic heterocycles. The molecule has 0 bridgehead atoms. The van der Waals surface area contributed by atoms with E-state index < -0.39 is 21.3 Å². The molecule has 1 amide bonds. The van der Waals surface area contributed by atoms with E-state index in [0.717, 1.165) is 4.31 Å². The average molecular weight is 321 g/mol. The molecule has 0 fully saturated rings. The van der Waals surface area contributed by atoms with Gasteiger partial charge in [-0.15, -0.1) is 11.6 Å². The van der Waals surface area contributed by atoms with E-state index in [0.29, 0.717) is 5.75 Å². The quantitative estimate of drug-likeness (QED) is 0.834. The van der Waals surface area contributed by atoms with Crippen LogP contribution >= 0.6 is 11.6 Å². The number of carbonyl (C=O) groups is 1. The number of anilines is 1. The summed E-state index contributed by atoms with van der Waals surface area (Å²) >= 11 is 5.67. The Morgan fingerprint density at radius 1 is 1.40 bits per heavy atom. The van der Waals surface area contributed by atoms with Crippen molar-refractivity contribution in [1.29, 1.82) is 0 Å². The first kappa shape index (κ1) is 16.7. The second-order valence-electron chi connectivity index (χ2n) is 4.25. The number of hydrogen-bond acceptors (Lipinski definition) is 4. The summed E-state index contributed by atoms with van der Waals surface area (Å²) < 4.78 is 30.3. The van der Waals surface area contributed by atoms with Gasteiger partial charge in [-0.05, 0) is 25.1 Å². The number of ether oxygens (including phenoxy) is 1. The van der Waals surface area contributed by atoms with Crippen LogP contribution in [0.3, 0.4) is 0 Å². The minimum atomic E-state index is -3.59. The highest BCUT2D eigenvalue weighted by Crippen LogP contribution is 2.28. The monoisotopic (exact) mass is 320 g/mol. The van der Waals surface area contributed by atoms with Gasteiger partial charge in [0.25, 0.3) is 0 Å². The van der Waals surface area contributed by atoms with Crippen LogP contribution in [-0.4, -0.2) is 45.2 Å². The van der Waals surface area contributed by atoms with Gasteiger partial charge in [-0.3, -0.25) is 4.79 Å². The molecule has 1 rings (SSSR count). The highest BCUT2D eigenvalue weighted by Gasteiger charge is 2.20. The lowest BCUT2D eigenvalue weighted by atomic mass is 10.3. The van der Waals surface area contributed by atoms with Gasteiger partial charge in [-0.2, -0.15) is 0 Å². The van der Waals surface area contributed by atoms with E-state index in [1.165, 1.54) is 46.3 Å². The molecule has 1 aromatic rings. The zero-order valence-electron chi connectivity index (χ0n) is 11.7. The van der Waals surface area contributed by atoms with Crippen molar-refractivity contribution in [3.63, 3.8) is 0 Å². The third-order valence-corrected chi connectivity index (χ3v) is 4.58. The Morgan fingerprint density at radius 3 is 2.45 bits per heavy atom. The molecule has 0 aliphatic rings. The molecule has 6 nitrogen and oxygen atoms in total. The summed E-state index contributed by atoms with van der Waals surface area (Å²) in [6.07, 6.45) is 0. The van der Waals surface area contributed by atoms with Crippen molar-refractivity contribution in [3.8, 4) is 5.75 Å². The van der Waals surface area contributed by atoms with Gasteiger partial charge in [-0.1, -0.05) is 0 Å². The van der Waals surface area contributed by atoms with Crippen molar-refractivity contribution in [1.82, 2.24) is 4.31 Å². The van der Waals surface area contributed by atoms with Gasteiger partial charge in [0.1, 0.15) is 11.1 Å². The van der Waals surface area contributed by atoms with E-state index >= 15 is 0 Å². The Hall–Kier alpha value is -1.31. The topological polar surface area (TPSA) is 75.7 Å². The first-order valence-corrected chi connectivity index (χ1v) is 7.63. The van der Waals surface area contributed by atoms with Crippen molar-refractivity contribution in [3.05, 3.63) is 18.2 Å². The second kappa shape index (κ2) is 6.43. The molecule has 1 unspecified atom stereocenters. The maximum absolute atomic E-state index is 12.0. The molecule has 20 heavy (non-hydrogen) atoms. The fourth-order valence-corrected chi connectivity index (χ4v) is 2.37. The molecule has 1 N–H and O–H groups in total. The van der Waals surface area contributed by atoms with Gasteiger partial charge in [0.05, 0.1) is 17.7 Å². The lowest BCUT2D eigenvalue weighted by Gasteiger charge is -2.15. The fraction of sp³-hybridized carbons (Fsp3) is 0.417. The van der Waals surface area contributed by atoms with E-state index in [4.69, 9.17) is 16.3 Å². The third kappa shape index (κ3) is 3.62. The Morgan fingerprint density at radius 2 is 2.00 bits per heavy atom. The number of rotatable bonds is 5. The number of carbonyl (C=O) groups excluding carboxylic acids is 1. The summed E-state index contributed by atoms with van der Waals surface area (Å²) in [7, 11) is 0.697. The van der Waals surface area contributed by atoms with Crippen molar-refractivity contribution < 1.29 is 17.9 Å². The molecule has 0 heterocycles. The maximum atomic E-state index is 12.0. The van der Waals surface area contributed by atoms with Crippen LogP contribution in [0.2, 0.25) is 0 Å². The minimum absolute atomic E-state index is 0.0563. The molecular formula is C12H17ClN2O4S. The zero-order valence-corrected chi connectivity index (χ0v) is 13.2. The first-order chi connectivity index (χ1) is 9.20. The van der Waals surface area contributed by atoms with Crippen LogP contribution in [0.1, 0.15) is 6.92 Å². The highest BCUT2D eigenvalue weighted by atomic mass is 35.5. The average Bonchev–Trinajstić information content (AvgIpc) is 2.38. The first-order valence-electron chi connectivity index (χ1n) is 5.75. The van der Waals surface area contributed by atoms with Crippen LogP contribution < -0.4 is 10.1 Å². The normalized spacial score (nSPS) is 13.1. The number of nitrogens with zero attached hydrogens (tertiary/aromatic N) is 1. The van der Waals surface area contributed by atoms with Crippen LogP contribution in [0.25, 0.3) is 0 Å². The third-order valence-electron chi connectivity index (χ3n) is 2.57. The van der Waals surface area contributed by atoms with Crippen LogP contribution in [0.4, 0.5) is 5.69 Å². The number of hydrogen-bond donors (Lipinski definition) is 1. The Balaban J connectivity index is 3.26. The molecule has 0 radical (unpaired) electrons. The molecule has 0 spiro atoms. The van der Waals surface area contributed by atoms with Gasteiger partial charge in [-0.25, -0.2) is 12.7 Å². The smallest absolute Gasteiger partial charge is 0.242 e. The molecule has 1 aromatic carbocycles. The van der Waals surface area contributed by atoms with Crippen molar-refractivity contribution in [2.24, 2.45) is 0 Å². The molecule has 0 saturated carbocycles. The van der Waals surface area contributed by atoms with Gasteiger partial charge < -0.3 is 10.1 Å². The predicted molar refractivity (Wildman–Crippen MR) is 77.8 cm³/mol. The van der Waals surface area contributed by atoms with Crippen LogP contribution in [0.15, 0.2) is 23.1 Å². The Labute approximate surface area is 123 Å². The maximum Gasteiger partial charge on any atom is 0.242 e. The van der Waals surface area contributed by atoms with Gasteiger partial charge in [0.2, 0.25) is 15.9 Å². The molecular weight excluding hydrogens is 304 g/mol. The summed E-state index contributed by atoms with van der Waals surface area (Å²) in [6, 6.07) is 4.23. The molecule has 8 heteroatoms. The van der Waals surface area contributed by atoms with Crippen LogP contribution in [0.5, 0.6) is 5.75 Å². The molecule has 0 saturated heterocycles. The SMILES string of the molecule is COc1ccc(S(=O)(=O)N(C)C)cc1NC(=O)C(C)Cl. The largest absolute Gasteiger partial charge is 0.495 e. The van der Waals surface area contributed by atoms with Crippen molar-refractivity contribution in [2.75, 3.05) is 26.5 Å². The van der Waals surface area contributed by atoms with Gasteiger partial charge >= 0.3 is 0 Å². The lowest BCUT2D eigenvalue weighted by molar-refractivity contribution is -0.115. The van der Waals surface area contributed by atoms with E-state index in [9.17, 15) is 13.2 Å². The number of nitrogens with one attached hydrogen (secondary N) is 1. The zero-order chi connectivity index (χ0) is 15.5. The molecule has 112 valence electrons. The van der Waals surface area contributed by atoms with Crippen LogP contribution in [0, 0.1) is 0 Å². The van der Waals surface area contributed by atoms with E-state index in [2.05, 4.69) is 5.32 Å². The number of sulfonamides is 1. The van der Waals surface area contributed by atoms with Gasteiger partial charge in [0, 0.05) is 14.1 Å². The van der Waals surface area contributed by atoms with E-state index in [1.807, 2.05) is 0 Å². The molecule has 0 aliphatic carbocycles. The fourth-order valence-electron chi connectivity index (χ4n) is 1.39. The van der Waals surface area contributed by atoms with E-state index in [-0.39, 0.29) is 10.6 Å². The van der Waals surface area contributed by atoms with Crippen LogP contribution in [-0.2, 0) is 14.8 Å². The number of benzene rings is 1. The number of methoxy groups -OCH3 is 1. The number of halogens is 1. The summed E-state index contributed by atoms with van der Waals surface area (Å²) in [5.74, 6) is -0.0854. The highest BCUT2D eigenvalue weighted by molar-refractivity contribution is 7.89. The molecule has 1 atom stereocenters. The number of alkyl halides is 1. The minimum Gasteiger partial charge on any atom is -0.495 e. The predicted octanol–water partition coefficient (Wildman–Crippen LogP) is 1.51. The Kier molecular flexibility index (Phi) is 5.38. The summed E-state index contributed by atoms with van der Waals surface area (Å²) in [5.41, 5.74) is 0.257. The molecule has 0 aromatic heterocycles. The summed E-state index contributed by atoms with van der Waals surface area (Å²) in [5, 5.41) is 1.79. The lowest BCUT2D eigenvalue weighted by Crippen LogP contribution is -2.23. The summed E-state index contributed by atoms with van der Waals surface area (Å²) in [4.78, 5) is 11.7. The number of amides is 1. The summed E-state index contributed by atoms with van der Waals surface area (Å²) in [6.45, 7) is 1.52. The van der Waals surface area contributed by atoms with Crippen molar-refractivity contribution in [2.45, 2.75) is 17.2 Å². The van der Waals surface area contributed by atoms with E-state index in [1.54, 1.807) is 0 Å². The van der Waals surface area contributed by atoms with Crippen molar-refractivity contribution >= 4 is 33.2 Å². The van der Waals surface area contributed by atoms with Gasteiger partial charge in [0.15, 0.2) is 0 Å². The standard InChI is InChI=1S/C12H17ClN2O4S/c1-8(13)12(16)14-10-7-9(5-6-11(10)19-4)20(17,18)15(2)3/h5-8H,1-4H3,(H,14,16). The second-order valence-corrected chi connectivity index (χ2v) is 7.06.